The number of carbonyl (C=O) groups excluding carboxylic acids is 1. The molecule has 4 heteroatoms. The van der Waals surface area contributed by atoms with Crippen molar-refractivity contribution in [3.05, 3.63) is 0 Å². The standard InChI is InChI=1S/C20H38N2O2/c1-16(21-13-12-17-9-8-10-17)15-18-11-6-5-7-14-22(18)19(23)24-20(2,3)4/h16-18,21H,5-15H2,1-4H3. The minimum atomic E-state index is -0.416. The molecule has 0 bridgehead atoms. The number of ether oxygens (including phenoxy) is 1. The topological polar surface area (TPSA) is 41.6 Å². The number of hydrogen-bond acceptors (Lipinski definition) is 3. The summed E-state index contributed by atoms with van der Waals surface area (Å²) in [5.74, 6) is 0.959. The molecule has 140 valence electrons. The van der Waals surface area contributed by atoms with Crippen LogP contribution in [0.1, 0.15) is 85.5 Å². The predicted molar refractivity (Wildman–Crippen MR) is 99.2 cm³/mol. The number of nitrogens with one attached hydrogen (secondary N) is 1. The van der Waals surface area contributed by atoms with Gasteiger partial charge in [0, 0.05) is 18.6 Å². The average molecular weight is 339 g/mol. The Bertz CT molecular complexity index is 388. The molecule has 2 aliphatic rings. The molecular weight excluding hydrogens is 300 g/mol. The fraction of sp³-hybridized carbons (Fsp3) is 0.950. The van der Waals surface area contributed by atoms with E-state index in [-0.39, 0.29) is 6.09 Å². The molecule has 0 aromatic rings. The summed E-state index contributed by atoms with van der Waals surface area (Å²) in [6.07, 6.45) is 11.1. The maximum atomic E-state index is 12.6. The fourth-order valence-corrected chi connectivity index (χ4v) is 3.79. The van der Waals surface area contributed by atoms with Crippen LogP contribution in [0.2, 0.25) is 0 Å². The van der Waals surface area contributed by atoms with E-state index in [1.165, 1.54) is 38.5 Å². The quantitative estimate of drug-likeness (QED) is 0.761. The molecule has 0 radical (unpaired) electrons. The van der Waals surface area contributed by atoms with Gasteiger partial charge >= 0.3 is 6.09 Å². The molecule has 0 aromatic carbocycles. The first-order chi connectivity index (χ1) is 11.3. The molecule has 1 saturated heterocycles. The van der Waals surface area contributed by atoms with Crippen LogP contribution in [0.25, 0.3) is 0 Å². The van der Waals surface area contributed by atoms with Gasteiger partial charge in [-0.1, -0.05) is 32.1 Å². The summed E-state index contributed by atoms with van der Waals surface area (Å²) in [6.45, 7) is 10.1. The molecule has 1 heterocycles. The lowest BCUT2D eigenvalue weighted by Gasteiger charge is -2.34. The van der Waals surface area contributed by atoms with Crippen molar-refractivity contribution in [1.82, 2.24) is 10.2 Å². The minimum Gasteiger partial charge on any atom is -0.444 e. The van der Waals surface area contributed by atoms with Crippen molar-refractivity contribution in [2.24, 2.45) is 5.92 Å². The third-order valence-corrected chi connectivity index (χ3v) is 5.40. The second kappa shape index (κ2) is 9.07. The molecule has 1 amide bonds. The number of carbonyl (C=O) groups is 1. The van der Waals surface area contributed by atoms with E-state index in [1.54, 1.807) is 0 Å². The lowest BCUT2D eigenvalue weighted by Crippen LogP contribution is -2.45. The first-order valence-corrected chi connectivity index (χ1v) is 10.1. The van der Waals surface area contributed by atoms with E-state index in [9.17, 15) is 4.79 Å². The van der Waals surface area contributed by atoms with Crippen LogP contribution >= 0.6 is 0 Å². The van der Waals surface area contributed by atoms with Crippen molar-refractivity contribution in [3.63, 3.8) is 0 Å². The molecule has 1 N–H and O–H groups in total. The van der Waals surface area contributed by atoms with E-state index in [1.807, 2.05) is 25.7 Å². The van der Waals surface area contributed by atoms with E-state index in [2.05, 4.69) is 12.2 Å². The summed E-state index contributed by atoms with van der Waals surface area (Å²) < 4.78 is 5.65. The Hall–Kier alpha value is -0.770. The highest BCUT2D eigenvalue weighted by Gasteiger charge is 2.30. The van der Waals surface area contributed by atoms with Crippen LogP contribution in [-0.4, -0.2) is 41.8 Å². The molecule has 24 heavy (non-hydrogen) atoms. The van der Waals surface area contributed by atoms with Gasteiger partial charge in [0.2, 0.25) is 0 Å². The van der Waals surface area contributed by atoms with Gasteiger partial charge in [0.25, 0.3) is 0 Å². The normalized spacial score (nSPS) is 24.2. The van der Waals surface area contributed by atoms with E-state index < -0.39 is 5.60 Å². The van der Waals surface area contributed by atoms with Gasteiger partial charge in [0.05, 0.1) is 0 Å². The lowest BCUT2D eigenvalue weighted by molar-refractivity contribution is 0.0150. The molecule has 4 nitrogen and oxygen atoms in total. The second-order valence-electron chi connectivity index (χ2n) is 8.85. The number of rotatable bonds is 6. The fourth-order valence-electron chi connectivity index (χ4n) is 3.79. The highest BCUT2D eigenvalue weighted by atomic mass is 16.6. The zero-order valence-electron chi connectivity index (χ0n) is 16.3. The summed E-state index contributed by atoms with van der Waals surface area (Å²) in [4.78, 5) is 14.6. The molecule has 2 unspecified atom stereocenters. The Morgan fingerprint density at radius 2 is 1.92 bits per heavy atom. The number of hydrogen-bond donors (Lipinski definition) is 1. The molecule has 1 aliphatic carbocycles. The summed E-state index contributed by atoms with van der Waals surface area (Å²) in [5, 5.41) is 3.68. The molecule has 2 atom stereocenters. The van der Waals surface area contributed by atoms with Gasteiger partial charge in [-0.3, -0.25) is 0 Å². The summed E-state index contributed by atoms with van der Waals surface area (Å²) in [5.41, 5.74) is -0.416. The van der Waals surface area contributed by atoms with Crippen molar-refractivity contribution < 1.29 is 9.53 Å². The third-order valence-electron chi connectivity index (χ3n) is 5.40. The van der Waals surface area contributed by atoms with Gasteiger partial charge < -0.3 is 15.0 Å². The van der Waals surface area contributed by atoms with E-state index in [0.717, 1.165) is 38.3 Å². The zero-order valence-corrected chi connectivity index (χ0v) is 16.3. The Morgan fingerprint density at radius 3 is 2.54 bits per heavy atom. The second-order valence-corrected chi connectivity index (χ2v) is 8.85. The van der Waals surface area contributed by atoms with E-state index >= 15 is 0 Å². The molecule has 2 rings (SSSR count). The van der Waals surface area contributed by atoms with Gasteiger partial charge in [-0.15, -0.1) is 0 Å². The Morgan fingerprint density at radius 1 is 1.17 bits per heavy atom. The first-order valence-electron chi connectivity index (χ1n) is 10.1. The summed E-state index contributed by atoms with van der Waals surface area (Å²) >= 11 is 0. The largest absolute Gasteiger partial charge is 0.444 e. The Kier molecular flexibility index (Phi) is 7.39. The van der Waals surface area contributed by atoms with Crippen molar-refractivity contribution >= 4 is 6.09 Å². The molecule has 1 saturated carbocycles. The monoisotopic (exact) mass is 338 g/mol. The summed E-state index contributed by atoms with van der Waals surface area (Å²) in [7, 11) is 0. The first kappa shape index (κ1) is 19.6. The molecular formula is C20H38N2O2. The van der Waals surface area contributed by atoms with Crippen LogP contribution in [-0.2, 0) is 4.74 Å². The van der Waals surface area contributed by atoms with Crippen molar-refractivity contribution in [1.29, 1.82) is 0 Å². The van der Waals surface area contributed by atoms with Crippen molar-refractivity contribution in [2.45, 2.75) is 103 Å². The minimum absolute atomic E-state index is 0.129. The Balaban J connectivity index is 1.82. The maximum absolute atomic E-state index is 12.6. The smallest absolute Gasteiger partial charge is 0.410 e. The van der Waals surface area contributed by atoms with Gasteiger partial charge in [-0.2, -0.15) is 0 Å². The molecule has 0 spiro atoms. The number of likely N-dealkylation sites (tertiary alicyclic amines) is 1. The van der Waals surface area contributed by atoms with Crippen molar-refractivity contribution in [2.75, 3.05) is 13.1 Å². The van der Waals surface area contributed by atoms with Crippen molar-refractivity contribution in [3.8, 4) is 0 Å². The van der Waals surface area contributed by atoms with Crippen LogP contribution in [0, 0.1) is 5.92 Å². The van der Waals surface area contributed by atoms with Gasteiger partial charge in [-0.05, 0) is 65.8 Å². The highest BCUT2D eigenvalue weighted by molar-refractivity contribution is 5.68. The lowest BCUT2D eigenvalue weighted by atomic mass is 9.83. The Labute approximate surface area is 148 Å². The summed E-state index contributed by atoms with van der Waals surface area (Å²) in [6, 6.07) is 0.770. The van der Waals surface area contributed by atoms with Crippen LogP contribution in [0.4, 0.5) is 4.79 Å². The highest BCUT2D eigenvalue weighted by Crippen LogP contribution is 2.29. The molecule has 1 aliphatic heterocycles. The van der Waals surface area contributed by atoms with Crippen LogP contribution in [0.15, 0.2) is 0 Å². The number of nitrogens with zero attached hydrogens (tertiary/aromatic N) is 1. The SMILES string of the molecule is CC(CC1CCCCCN1C(=O)OC(C)(C)C)NCCC1CCC1. The van der Waals surface area contributed by atoms with Gasteiger partial charge in [0.1, 0.15) is 5.60 Å². The van der Waals surface area contributed by atoms with Crippen LogP contribution < -0.4 is 5.32 Å². The molecule has 2 fully saturated rings. The average Bonchev–Trinajstić information content (AvgIpc) is 2.65. The van der Waals surface area contributed by atoms with Crippen LogP contribution in [0.5, 0.6) is 0 Å². The van der Waals surface area contributed by atoms with Gasteiger partial charge in [0.15, 0.2) is 0 Å². The predicted octanol–water partition coefficient (Wildman–Crippen LogP) is 4.72. The van der Waals surface area contributed by atoms with E-state index in [0.29, 0.717) is 12.1 Å². The van der Waals surface area contributed by atoms with Gasteiger partial charge in [-0.25, -0.2) is 4.79 Å². The van der Waals surface area contributed by atoms with Crippen LogP contribution in [0.3, 0.4) is 0 Å². The maximum Gasteiger partial charge on any atom is 0.410 e. The third kappa shape index (κ3) is 6.62. The zero-order chi connectivity index (χ0) is 17.6. The van der Waals surface area contributed by atoms with E-state index in [4.69, 9.17) is 4.74 Å². The number of amides is 1. The molecule has 0 aromatic heterocycles.